The molecule has 1 unspecified atom stereocenters. The van der Waals surface area contributed by atoms with Crippen molar-refractivity contribution in [3.8, 4) is 0 Å². The zero-order chi connectivity index (χ0) is 20.0. The fourth-order valence-corrected chi connectivity index (χ4v) is 4.59. The van der Waals surface area contributed by atoms with E-state index in [1.54, 1.807) is 35.4 Å². The first-order chi connectivity index (χ1) is 14.1. The topological polar surface area (TPSA) is 53.2 Å². The fraction of sp³-hybridized carbons (Fsp3) is 0.250. The maximum Gasteiger partial charge on any atom is 0.264 e. The molecule has 5 rings (SSSR count). The highest BCUT2D eigenvalue weighted by atomic mass is 35.5. The van der Waals surface area contributed by atoms with Crippen LogP contribution in [0.15, 0.2) is 65.6 Å². The van der Waals surface area contributed by atoms with E-state index in [-0.39, 0.29) is 23.1 Å². The van der Waals surface area contributed by atoms with Crippen LogP contribution in [0.25, 0.3) is 0 Å². The third-order valence-electron chi connectivity index (χ3n) is 5.98. The zero-order valence-electron chi connectivity index (χ0n) is 15.9. The summed E-state index contributed by atoms with van der Waals surface area (Å²) < 4.78 is 0. The van der Waals surface area contributed by atoms with Crippen LogP contribution >= 0.6 is 11.6 Å². The molecule has 0 bridgehead atoms. The molecule has 1 saturated carbocycles. The Morgan fingerprint density at radius 3 is 2.45 bits per heavy atom. The molecule has 1 heterocycles. The molecule has 146 valence electrons. The van der Waals surface area contributed by atoms with Crippen molar-refractivity contribution in [3.05, 3.63) is 98.4 Å². The normalized spacial score (nSPS) is 17.8. The second-order valence-corrected chi connectivity index (χ2v) is 8.24. The Labute approximate surface area is 174 Å². The number of halogens is 1. The predicted octanol–water partition coefficient (Wildman–Crippen LogP) is 5.24. The third kappa shape index (κ3) is 3.28. The summed E-state index contributed by atoms with van der Waals surface area (Å²) in [6, 6.07) is 16.9. The second-order valence-electron chi connectivity index (χ2n) is 7.81. The number of hydrogen-bond acceptors (Lipinski definition) is 2. The van der Waals surface area contributed by atoms with Crippen LogP contribution in [-0.2, 0) is 6.42 Å². The van der Waals surface area contributed by atoms with Gasteiger partial charge >= 0.3 is 0 Å². The van der Waals surface area contributed by atoms with Crippen molar-refractivity contribution in [1.29, 1.82) is 0 Å². The molecule has 1 amide bonds. The fourth-order valence-electron chi connectivity index (χ4n) is 4.47. The molecular weight excluding hydrogens is 384 g/mol. The number of rotatable bonds is 4. The van der Waals surface area contributed by atoms with Gasteiger partial charge in [0, 0.05) is 16.9 Å². The quantitative estimate of drug-likeness (QED) is 0.646. The second kappa shape index (κ2) is 7.20. The number of carbonyl (C=O) groups is 1. The Balaban J connectivity index is 1.62. The van der Waals surface area contributed by atoms with Crippen LogP contribution < -0.4 is 10.5 Å². The molecule has 2 aliphatic rings. The number of anilines is 1. The van der Waals surface area contributed by atoms with Gasteiger partial charge in [0.1, 0.15) is 5.56 Å². The highest BCUT2D eigenvalue weighted by Crippen LogP contribution is 2.47. The Hall–Kier alpha value is -2.85. The minimum atomic E-state index is -0.374. The smallest absolute Gasteiger partial charge is 0.264 e. The summed E-state index contributed by atoms with van der Waals surface area (Å²) in [5.74, 6) is 0.379. The molecule has 3 aromatic rings. The molecule has 1 fully saturated rings. The maximum absolute atomic E-state index is 13.6. The minimum Gasteiger partial charge on any atom is -0.328 e. The lowest BCUT2D eigenvalue weighted by Crippen LogP contribution is -2.37. The Kier molecular flexibility index (Phi) is 4.51. The van der Waals surface area contributed by atoms with Crippen LogP contribution in [0.5, 0.6) is 0 Å². The van der Waals surface area contributed by atoms with E-state index in [1.165, 1.54) is 29.5 Å². The van der Waals surface area contributed by atoms with Gasteiger partial charge in [-0.3, -0.25) is 9.59 Å². The molecule has 5 heteroatoms. The van der Waals surface area contributed by atoms with Crippen LogP contribution in [0.4, 0.5) is 5.69 Å². The lowest BCUT2D eigenvalue weighted by Gasteiger charge is -2.30. The summed E-state index contributed by atoms with van der Waals surface area (Å²) in [5.41, 5.74) is 4.54. The van der Waals surface area contributed by atoms with Gasteiger partial charge in [-0.1, -0.05) is 29.8 Å². The number of hydrogen-bond donors (Lipinski definition) is 1. The van der Waals surface area contributed by atoms with Crippen LogP contribution in [0.3, 0.4) is 0 Å². The van der Waals surface area contributed by atoms with Crippen molar-refractivity contribution in [2.45, 2.75) is 37.6 Å². The van der Waals surface area contributed by atoms with Crippen LogP contribution in [0, 0.1) is 0 Å². The maximum atomic E-state index is 13.6. The van der Waals surface area contributed by atoms with E-state index in [4.69, 9.17) is 11.6 Å². The van der Waals surface area contributed by atoms with Crippen LogP contribution in [0.2, 0.25) is 5.02 Å². The first-order valence-electron chi connectivity index (χ1n) is 10.0. The Morgan fingerprint density at radius 2 is 1.72 bits per heavy atom. The molecule has 0 radical (unpaired) electrons. The van der Waals surface area contributed by atoms with Gasteiger partial charge in [-0.25, -0.2) is 0 Å². The number of fused-ring (bicyclic) bond motifs is 1. The summed E-state index contributed by atoms with van der Waals surface area (Å²) >= 11 is 6.08. The number of amides is 1. The first kappa shape index (κ1) is 18.2. The molecule has 2 aromatic carbocycles. The summed E-state index contributed by atoms with van der Waals surface area (Å²) in [6.45, 7) is 0. The van der Waals surface area contributed by atoms with Gasteiger partial charge < -0.3 is 9.88 Å². The van der Waals surface area contributed by atoms with E-state index in [1.807, 2.05) is 12.1 Å². The summed E-state index contributed by atoms with van der Waals surface area (Å²) in [4.78, 5) is 30.3. The van der Waals surface area contributed by atoms with Crippen molar-refractivity contribution in [3.63, 3.8) is 0 Å². The van der Waals surface area contributed by atoms with Gasteiger partial charge in [0.15, 0.2) is 0 Å². The molecule has 1 aromatic heterocycles. The number of benzene rings is 2. The number of aromatic nitrogens is 1. The van der Waals surface area contributed by atoms with E-state index in [2.05, 4.69) is 23.2 Å². The van der Waals surface area contributed by atoms with E-state index < -0.39 is 0 Å². The molecule has 1 N–H and O–H groups in total. The molecule has 1 atom stereocenters. The van der Waals surface area contributed by atoms with Gasteiger partial charge in [0.05, 0.1) is 6.04 Å². The molecular formula is C24H21ClN2O2. The summed E-state index contributed by atoms with van der Waals surface area (Å²) in [6.07, 6.45) is 5.84. The third-order valence-corrected chi connectivity index (χ3v) is 6.23. The van der Waals surface area contributed by atoms with Crippen molar-refractivity contribution in [1.82, 2.24) is 4.98 Å². The van der Waals surface area contributed by atoms with Gasteiger partial charge in [0.2, 0.25) is 0 Å². The largest absolute Gasteiger partial charge is 0.328 e. The number of pyridine rings is 1. The first-order valence-corrected chi connectivity index (χ1v) is 10.4. The number of nitrogens with one attached hydrogen (secondary N) is 1. The van der Waals surface area contributed by atoms with Crippen LogP contribution in [0.1, 0.15) is 58.3 Å². The highest BCUT2D eigenvalue weighted by Gasteiger charge is 2.36. The SMILES string of the molecule is O=C(c1ccc[nH]c1=O)N(c1ccc(Cl)cc1)C1CCc2c(C3CC3)cccc21. The van der Waals surface area contributed by atoms with Crippen molar-refractivity contribution in [2.75, 3.05) is 4.90 Å². The molecule has 0 saturated heterocycles. The van der Waals surface area contributed by atoms with Gasteiger partial charge in [-0.05, 0) is 84.7 Å². The van der Waals surface area contributed by atoms with Crippen molar-refractivity contribution < 1.29 is 4.79 Å². The molecule has 0 aliphatic heterocycles. The molecule has 4 nitrogen and oxygen atoms in total. The molecule has 29 heavy (non-hydrogen) atoms. The van der Waals surface area contributed by atoms with Gasteiger partial charge in [-0.2, -0.15) is 0 Å². The average Bonchev–Trinajstić information content (AvgIpc) is 3.50. The average molecular weight is 405 g/mol. The van der Waals surface area contributed by atoms with Crippen LogP contribution in [-0.4, -0.2) is 10.9 Å². The van der Waals surface area contributed by atoms with Crippen molar-refractivity contribution in [2.24, 2.45) is 0 Å². The number of aromatic amines is 1. The summed E-state index contributed by atoms with van der Waals surface area (Å²) in [5, 5.41) is 0.613. The van der Waals surface area contributed by atoms with Gasteiger partial charge in [0.25, 0.3) is 11.5 Å². The zero-order valence-corrected chi connectivity index (χ0v) is 16.7. The number of H-pyrrole nitrogens is 1. The minimum absolute atomic E-state index is 0.100. The van der Waals surface area contributed by atoms with E-state index in [0.29, 0.717) is 10.9 Å². The predicted molar refractivity (Wildman–Crippen MR) is 115 cm³/mol. The molecule has 0 spiro atoms. The Bertz CT molecular complexity index is 1130. The Morgan fingerprint density at radius 1 is 0.966 bits per heavy atom. The lowest BCUT2D eigenvalue weighted by atomic mass is 9.98. The number of nitrogens with zero attached hydrogens (tertiary/aromatic N) is 1. The summed E-state index contributed by atoms with van der Waals surface area (Å²) in [7, 11) is 0. The highest BCUT2D eigenvalue weighted by molar-refractivity contribution is 6.30. The number of carbonyl (C=O) groups excluding carboxylic acids is 1. The van der Waals surface area contributed by atoms with Crippen molar-refractivity contribution >= 4 is 23.2 Å². The van der Waals surface area contributed by atoms with Gasteiger partial charge in [-0.15, -0.1) is 0 Å². The van der Waals surface area contributed by atoms with E-state index in [0.717, 1.165) is 18.5 Å². The monoisotopic (exact) mass is 404 g/mol. The molecule has 2 aliphatic carbocycles. The standard InChI is InChI=1S/C24H21ClN2O2/c25-16-8-10-17(11-9-16)27(24(29)21-5-2-14-26-23(21)28)22-13-12-19-18(15-6-7-15)3-1-4-20(19)22/h1-5,8-11,14-15,22H,6-7,12-13H2,(H,26,28). The van der Waals surface area contributed by atoms with E-state index in [9.17, 15) is 9.59 Å². The van der Waals surface area contributed by atoms with E-state index >= 15 is 0 Å². The lowest BCUT2D eigenvalue weighted by molar-refractivity contribution is 0.0974.